The van der Waals surface area contributed by atoms with Crippen molar-refractivity contribution in [3.63, 3.8) is 0 Å². The molecular weight excluding hydrogens is 132 g/mol. The van der Waals surface area contributed by atoms with Gasteiger partial charge >= 0.3 is 0 Å². The molecule has 1 aliphatic rings. The van der Waals surface area contributed by atoms with Gasteiger partial charge in [-0.1, -0.05) is 25.3 Å². The first-order valence-corrected chi connectivity index (χ1v) is 4.14. The van der Waals surface area contributed by atoms with E-state index in [1.165, 1.54) is 29.9 Å². The van der Waals surface area contributed by atoms with Crippen molar-refractivity contribution in [3.8, 4) is 12.3 Å². The highest BCUT2D eigenvalue weighted by Gasteiger charge is 2.20. The highest BCUT2D eigenvalue weighted by molar-refractivity contribution is 5.44. The molecule has 0 fully saturated rings. The van der Waals surface area contributed by atoms with Crippen LogP contribution in [0.1, 0.15) is 33.6 Å². The van der Waals surface area contributed by atoms with Crippen molar-refractivity contribution in [1.29, 1.82) is 0 Å². The average Bonchev–Trinajstić information content (AvgIpc) is 1.85. The van der Waals surface area contributed by atoms with Crippen molar-refractivity contribution in [2.45, 2.75) is 33.6 Å². The summed E-state index contributed by atoms with van der Waals surface area (Å²) < 4.78 is 0. The molecule has 0 aliphatic heterocycles. The Hall–Kier alpha value is -0.700. The van der Waals surface area contributed by atoms with Gasteiger partial charge in [0.25, 0.3) is 0 Å². The third-order valence-corrected chi connectivity index (χ3v) is 2.31. The fourth-order valence-corrected chi connectivity index (χ4v) is 1.93. The van der Waals surface area contributed by atoms with Crippen LogP contribution in [-0.2, 0) is 0 Å². The van der Waals surface area contributed by atoms with Gasteiger partial charge in [0.15, 0.2) is 0 Å². The number of rotatable bonds is 0. The van der Waals surface area contributed by atoms with Crippen LogP contribution in [0.25, 0.3) is 0 Å². The van der Waals surface area contributed by atoms with Gasteiger partial charge in [-0.05, 0) is 25.7 Å². The Bertz CT molecular complexity index is 215. The normalized spacial score (nSPS) is 26.9. The molecule has 1 atom stereocenters. The van der Waals surface area contributed by atoms with Gasteiger partial charge in [-0.25, -0.2) is 0 Å². The molecular formula is C11H15. The molecule has 0 bridgehead atoms. The third-order valence-electron chi connectivity index (χ3n) is 2.31. The van der Waals surface area contributed by atoms with E-state index in [4.69, 9.17) is 6.42 Å². The Morgan fingerprint density at radius 2 is 2.00 bits per heavy atom. The SMILES string of the molecule is C#CC1=C(C)CC(C)C[C]1C. The van der Waals surface area contributed by atoms with Gasteiger partial charge in [-0.3, -0.25) is 0 Å². The van der Waals surface area contributed by atoms with Crippen LogP contribution in [0.15, 0.2) is 11.1 Å². The number of hydrogen-bond acceptors (Lipinski definition) is 0. The van der Waals surface area contributed by atoms with Crippen molar-refractivity contribution in [1.82, 2.24) is 0 Å². The lowest BCUT2D eigenvalue weighted by Crippen LogP contribution is -2.11. The molecule has 0 heteroatoms. The van der Waals surface area contributed by atoms with Gasteiger partial charge in [0.1, 0.15) is 0 Å². The fourth-order valence-electron chi connectivity index (χ4n) is 1.93. The minimum Gasteiger partial charge on any atom is -0.115 e. The second-order valence-electron chi connectivity index (χ2n) is 3.59. The van der Waals surface area contributed by atoms with Gasteiger partial charge in [0, 0.05) is 11.5 Å². The Morgan fingerprint density at radius 3 is 2.45 bits per heavy atom. The summed E-state index contributed by atoms with van der Waals surface area (Å²) >= 11 is 0. The van der Waals surface area contributed by atoms with Crippen molar-refractivity contribution < 1.29 is 0 Å². The third kappa shape index (κ3) is 1.66. The summed E-state index contributed by atoms with van der Waals surface area (Å²) in [6, 6.07) is 0. The van der Waals surface area contributed by atoms with Crippen LogP contribution in [0, 0.1) is 24.2 Å². The smallest absolute Gasteiger partial charge is 0.0107 e. The zero-order valence-corrected chi connectivity index (χ0v) is 7.57. The summed E-state index contributed by atoms with van der Waals surface area (Å²) in [5.41, 5.74) is 2.56. The van der Waals surface area contributed by atoms with E-state index in [0.29, 0.717) is 0 Å². The molecule has 0 aromatic rings. The summed E-state index contributed by atoms with van der Waals surface area (Å²) in [6.07, 6.45) is 7.76. The summed E-state index contributed by atoms with van der Waals surface area (Å²) in [7, 11) is 0. The van der Waals surface area contributed by atoms with E-state index in [1.807, 2.05) is 0 Å². The van der Waals surface area contributed by atoms with Crippen LogP contribution in [0.3, 0.4) is 0 Å². The van der Waals surface area contributed by atoms with Crippen LogP contribution < -0.4 is 0 Å². The van der Waals surface area contributed by atoms with Crippen molar-refractivity contribution in [3.05, 3.63) is 17.1 Å². The van der Waals surface area contributed by atoms with Gasteiger partial charge in [0.2, 0.25) is 0 Å². The lowest BCUT2D eigenvalue weighted by molar-refractivity contribution is 0.522. The largest absolute Gasteiger partial charge is 0.115 e. The van der Waals surface area contributed by atoms with Crippen LogP contribution in [0.5, 0.6) is 0 Å². The maximum atomic E-state index is 5.40. The first kappa shape index (κ1) is 8.40. The molecule has 0 aromatic heterocycles. The Morgan fingerprint density at radius 1 is 1.36 bits per heavy atom. The maximum absolute atomic E-state index is 5.40. The predicted molar refractivity (Wildman–Crippen MR) is 48.8 cm³/mol. The minimum absolute atomic E-state index is 0.784. The van der Waals surface area contributed by atoms with Crippen molar-refractivity contribution >= 4 is 0 Å². The molecule has 0 aromatic carbocycles. The molecule has 1 unspecified atom stereocenters. The van der Waals surface area contributed by atoms with Gasteiger partial charge in [0.05, 0.1) is 0 Å². The van der Waals surface area contributed by atoms with Gasteiger partial charge in [-0.2, -0.15) is 0 Å². The molecule has 0 saturated carbocycles. The molecule has 1 rings (SSSR count). The highest BCUT2D eigenvalue weighted by Crippen LogP contribution is 2.34. The fraction of sp³-hybridized carbons (Fsp3) is 0.545. The second kappa shape index (κ2) is 3.13. The molecule has 1 radical (unpaired) electrons. The highest BCUT2D eigenvalue weighted by atomic mass is 14.2. The molecule has 0 saturated heterocycles. The molecule has 0 heterocycles. The summed E-state index contributed by atoms with van der Waals surface area (Å²) in [6.45, 7) is 6.57. The Kier molecular flexibility index (Phi) is 2.39. The van der Waals surface area contributed by atoms with Crippen LogP contribution in [0.4, 0.5) is 0 Å². The minimum atomic E-state index is 0.784. The van der Waals surface area contributed by atoms with Crippen LogP contribution in [0.2, 0.25) is 0 Å². The first-order valence-electron chi connectivity index (χ1n) is 4.14. The van der Waals surface area contributed by atoms with Crippen molar-refractivity contribution in [2.75, 3.05) is 0 Å². The topological polar surface area (TPSA) is 0 Å². The monoisotopic (exact) mass is 147 g/mol. The van der Waals surface area contributed by atoms with E-state index in [1.54, 1.807) is 0 Å². The molecule has 1 aliphatic carbocycles. The summed E-state index contributed by atoms with van der Waals surface area (Å²) in [5.74, 6) is 4.94. The van der Waals surface area contributed by atoms with E-state index in [-0.39, 0.29) is 0 Å². The van der Waals surface area contributed by atoms with Gasteiger partial charge in [-0.15, -0.1) is 6.42 Å². The summed E-state index contributed by atoms with van der Waals surface area (Å²) in [5, 5.41) is 0. The first-order chi connectivity index (χ1) is 5.15. The molecule has 11 heavy (non-hydrogen) atoms. The molecule has 0 N–H and O–H groups in total. The zero-order chi connectivity index (χ0) is 8.43. The van der Waals surface area contributed by atoms with Gasteiger partial charge < -0.3 is 0 Å². The predicted octanol–water partition coefficient (Wildman–Crippen LogP) is 2.96. The average molecular weight is 147 g/mol. The molecule has 0 spiro atoms. The Labute approximate surface area is 69.7 Å². The standard InChI is InChI=1S/C11H15/c1-5-11-9(3)6-8(2)7-10(11)4/h1,8H,6-7H2,2-4H3. The van der Waals surface area contributed by atoms with E-state index >= 15 is 0 Å². The van der Waals surface area contributed by atoms with Crippen LogP contribution >= 0.6 is 0 Å². The number of allylic oxidation sites excluding steroid dienone is 2. The van der Waals surface area contributed by atoms with E-state index in [2.05, 4.69) is 26.7 Å². The molecule has 0 nitrogen and oxygen atoms in total. The summed E-state index contributed by atoms with van der Waals surface area (Å²) in [4.78, 5) is 0. The molecule has 0 amide bonds. The van der Waals surface area contributed by atoms with E-state index < -0.39 is 0 Å². The lowest BCUT2D eigenvalue weighted by Gasteiger charge is -2.25. The quantitative estimate of drug-likeness (QED) is 0.462. The van der Waals surface area contributed by atoms with Crippen LogP contribution in [-0.4, -0.2) is 0 Å². The number of hydrogen-bond donors (Lipinski definition) is 0. The second-order valence-corrected chi connectivity index (χ2v) is 3.59. The lowest BCUT2D eigenvalue weighted by atomic mass is 9.79. The Balaban J connectivity index is 2.88. The van der Waals surface area contributed by atoms with E-state index in [0.717, 1.165) is 5.92 Å². The maximum Gasteiger partial charge on any atom is 0.0107 e. The number of terminal acetylenes is 1. The van der Waals surface area contributed by atoms with Crippen molar-refractivity contribution in [2.24, 2.45) is 5.92 Å². The molecule has 59 valence electrons. The zero-order valence-electron chi connectivity index (χ0n) is 7.57. The van der Waals surface area contributed by atoms with E-state index in [9.17, 15) is 0 Å².